The van der Waals surface area contributed by atoms with Gasteiger partial charge in [-0.2, -0.15) is 15.0 Å². The van der Waals surface area contributed by atoms with Gasteiger partial charge in [0.2, 0.25) is 17.7 Å². The number of rotatable bonds is 6. The Morgan fingerprint density at radius 1 is 1.19 bits per heavy atom. The largest absolute Gasteiger partial charge is 0.418 e. The topological polar surface area (TPSA) is 112 Å². The molecule has 1 aliphatic rings. The van der Waals surface area contributed by atoms with Gasteiger partial charge in [-0.05, 0) is 25.6 Å². The smallest absolute Gasteiger partial charge is 0.302 e. The van der Waals surface area contributed by atoms with Crippen molar-refractivity contribution in [3.8, 4) is 0 Å². The highest BCUT2D eigenvalue weighted by Gasteiger charge is 2.20. The van der Waals surface area contributed by atoms with E-state index in [1.54, 1.807) is 6.07 Å². The maximum absolute atomic E-state index is 12.6. The van der Waals surface area contributed by atoms with Crippen LogP contribution in [0, 0.1) is 6.92 Å². The predicted octanol–water partition coefficient (Wildman–Crippen LogP) is 3.13. The monoisotopic (exact) mass is 456 g/mol. The van der Waals surface area contributed by atoms with Crippen molar-refractivity contribution in [2.24, 2.45) is 0 Å². The highest BCUT2D eigenvalue weighted by atomic mass is 35.5. The number of aromatic nitrogens is 4. The first-order valence-corrected chi connectivity index (χ1v) is 10.8. The van der Waals surface area contributed by atoms with Crippen molar-refractivity contribution in [1.29, 1.82) is 0 Å². The Kier molecular flexibility index (Phi) is 6.52. The van der Waals surface area contributed by atoms with Crippen LogP contribution in [-0.2, 0) is 6.42 Å². The van der Waals surface area contributed by atoms with E-state index in [-0.39, 0.29) is 11.8 Å². The molecule has 0 aliphatic carbocycles. The highest BCUT2D eigenvalue weighted by molar-refractivity contribution is 6.34. The molecule has 3 heterocycles. The average molecular weight is 457 g/mol. The molecular formula is C21H25ClN8O2. The zero-order chi connectivity index (χ0) is 22.7. The minimum absolute atomic E-state index is 0.0379. The Labute approximate surface area is 191 Å². The number of halogens is 1. The van der Waals surface area contributed by atoms with Crippen molar-refractivity contribution in [1.82, 2.24) is 24.8 Å². The fraction of sp³-hybridized carbons (Fsp3) is 0.381. The predicted molar refractivity (Wildman–Crippen MR) is 123 cm³/mol. The molecule has 0 spiro atoms. The molecule has 1 saturated heterocycles. The van der Waals surface area contributed by atoms with Crippen LogP contribution >= 0.6 is 11.6 Å². The van der Waals surface area contributed by atoms with E-state index < -0.39 is 5.91 Å². The van der Waals surface area contributed by atoms with Crippen molar-refractivity contribution in [3.05, 3.63) is 46.6 Å². The molecule has 0 radical (unpaired) electrons. The summed E-state index contributed by atoms with van der Waals surface area (Å²) in [6.07, 6.45) is 2.00. The van der Waals surface area contributed by atoms with E-state index in [2.05, 4.69) is 47.4 Å². The lowest BCUT2D eigenvalue weighted by atomic mass is 10.2. The Morgan fingerprint density at radius 2 is 1.97 bits per heavy atom. The molecule has 1 amide bonds. The van der Waals surface area contributed by atoms with Gasteiger partial charge in [0.05, 0.1) is 16.9 Å². The van der Waals surface area contributed by atoms with E-state index in [4.69, 9.17) is 16.0 Å². The molecule has 0 unspecified atom stereocenters. The molecule has 32 heavy (non-hydrogen) atoms. The van der Waals surface area contributed by atoms with Gasteiger partial charge in [0.15, 0.2) is 0 Å². The van der Waals surface area contributed by atoms with Gasteiger partial charge in [0.1, 0.15) is 5.82 Å². The highest BCUT2D eigenvalue weighted by Crippen LogP contribution is 2.26. The molecule has 2 aromatic heterocycles. The number of carbonyl (C=O) groups excluding carboxylic acids is 1. The lowest BCUT2D eigenvalue weighted by molar-refractivity contribution is 0.0997. The molecule has 1 aliphatic heterocycles. The van der Waals surface area contributed by atoms with Crippen LogP contribution in [0.15, 0.2) is 28.8 Å². The van der Waals surface area contributed by atoms with E-state index in [0.29, 0.717) is 34.9 Å². The standard InChI is InChI=1S/C21H25ClN8O2/c1-4-16-24-19(27-20(25-16)30-10-8-29(3)9-11-30)28-21-23-12-15(32-21)18(31)26-17-13(2)6-5-7-14(17)22/h5-7,12H,4,8-11H2,1-3H3,(H,26,31)(H,23,24,25,27,28). The molecule has 10 nitrogen and oxygen atoms in total. The Hall–Kier alpha value is -3.24. The average Bonchev–Trinajstić information content (AvgIpc) is 3.25. The van der Waals surface area contributed by atoms with Crippen LogP contribution in [0.4, 0.5) is 23.6 Å². The number of likely N-dealkylation sites (N-methyl/N-ethyl adjacent to an activating group) is 1. The number of aryl methyl sites for hydroxylation is 2. The van der Waals surface area contributed by atoms with Crippen LogP contribution in [0.2, 0.25) is 5.02 Å². The molecule has 0 saturated carbocycles. The number of amides is 1. The van der Waals surface area contributed by atoms with Gasteiger partial charge >= 0.3 is 6.01 Å². The van der Waals surface area contributed by atoms with Gasteiger partial charge in [0.25, 0.3) is 5.91 Å². The molecule has 0 atom stereocenters. The molecule has 3 aromatic rings. The second-order valence-corrected chi connectivity index (χ2v) is 7.97. The molecule has 2 N–H and O–H groups in total. The molecule has 1 fully saturated rings. The van der Waals surface area contributed by atoms with Crippen LogP contribution in [0.5, 0.6) is 0 Å². The molecule has 11 heteroatoms. The third kappa shape index (κ3) is 4.97. The van der Waals surface area contributed by atoms with Crippen molar-refractivity contribution < 1.29 is 9.21 Å². The SMILES string of the molecule is CCc1nc(Nc2ncc(C(=O)Nc3c(C)cccc3Cl)o2)nc(N2CCN(C)CC2)n1. The summed E-state index contributed by atoms with van der Waals surface area (Å²) in [5.41, 5.74) is 1.38. The van der Waals surface area contributed by atoms with E-state index in [9.17, 15) is 4.79 Å². The molecule has 0 bridgehead atoms. The van der Waals surface area contributed by atoms with E-state index in [1.165, 1.54) is 6.20 Å². The normalized spacial score (nSPS) is 14.4. The summed E-state index contributed by atoms with van der Waals surface area (Å²) < 4.78 is 5.58. The molecular weight excluding hydrogens is 432 g/mol. The van der Waals surface area contributed by atoms with Crippen molar-refractivity contribution in [2.75, 3.05) is 48.8 Å². The Bertz CT molecular complexity index is 1090. The lowest BCUT2D eigenvalue weighted by Crippen LogP contribution is -2.45. The minimum atomic E-state index is -0.454. The third-order valence-corrected chi connectivity index (χ3v) is 5.50. The zero-order valence-electron chi connectivity index (χ0n) is 18.2. The number of piperazine rings is 1. The lowest BCUT2D eigenvalue weighted by Gasteiger charge is -2.32. The Morgan fingerprint density at radius 3 is 2.69 bits per heavy atom. The first kappa shape index (κ1) is 22.0. The number of anilines is 4. The Balaban J connectivity index is 1.49. The van der Waals surface area contributed by atoms with Gasteiger partial charge in [-0.1, -0.05) is 30.7 Å². The summed E-state index contributed by atoms with van der Waals surface area (Å²) in [6, 6.07) is 5.50. The summed E-state index contributed by atoms with van der Waals surface area (Å²) >= 11 is 6.19. The molecule has 1 aromatic carbocycles. The third-order valence-electron chi connectivity index (χ3n) is 5.18. The maximum atomic E-state index is 12.6. The van der Waals surface area contributed by atoms with E-state index >= 15 is 0 Å². The van der Waals surface area contributed by atoms with Crippen LogP contribution in [0.25, 0.3) is 0 Å². The van der Waals surface area contributed by atoms with Crippen molar-refractivity contribution >= 4 is 41.1 Å². The fourth-order valence-electron chi connectivity index (χ4n) is 3.27. The van der Waals surface area contributed by atoms with Crippen LogP contribution in [-0.4, -0.2) is 64.0 Å². The van der Waals surface area contributed by atoms with Crippen LogP contribution in [0.3, 0.4) is 0 Å². The number of carbonyl (C=O) groups is 1. The van der Waals surface area contributed by atoms with Gasteiger partial charge in [-0.25, -0.2) is 4.98 Å². The second-order valence-electron chi connectivity index (χ2n) is 7.56. The van der Waals surface area contributed by atoms with E-state index in [0.717, 1.165) is 31.7 Å². The number of nitrogens with one attached hydrogen (secondary N) is 2. The maximum Gasteiger partial charge on any atom is 0.302 e. The molecule has 168 valence electrons. The number of hydrogen-bond donors (Lipinski definition) is 2. The number of oxazole rings is 1. The number of nitrogens with zero attached hydrogens (tertiary/aromatic N) is 6. The first-order valence-electron chi connectivity index (χ1n) is 10.4. The van der Waals surface area contributed by atoms with Crippen LogP contribution in [0.1, 0.15) is 28.9 Å². The minimum Gasteiger partial charge on any atom is -0.418 e. The number of benzene rings is 1. The summed E-state index contributed by atoms with van der Waals surface area (Å²) in [7, 11) is 2.10. The number of hydrogen-bond acceptors (Lipinski definition) is 9. The first-order chi connectivity index (χ1) is 15.4. The van der Waals surface area contributed by atoms with Crippen molar-refractivity contribution in [3.63, 3.8) is 0 Å². The van der Waals surface area contributed by atoms with Gasteiger partial charge < -0.3 is 19.5 Å². The van der Waals surface area contributed by atoms with Gasteiger partial charge in [0, 0.05) is 32.6 Å². The fourth-order valence-corrected chi connectivity index (χ4v) is 3.54. The van der Waals surface area contributed by atoms with Gasteiger partial charge in [-0.3, -0.25) is 10.1 Å². The number of para-hydroxylation sites is 1. The zero-order valence-corrected chi connectivity index (χ0v) is 19.0. The summed E-state index contributed by atoms with van der Waals surface area (Å²) in [6.45, 7) is 7.41. The summed E-state index contributed by atoms with van der Waals surface area (Å²) in [5.74, 6) is 1.18. The summed E-state index contributed by atoms with van der Waals surface area (Å²) in [4.78, 5) is 34.6. The summed E-state index contributed by atoms with van der Waals surface area (Å²) in [5, 5.41) is 6.16. The second kappa shape index (κ2) is 9.49. The van der Waals surface area contributed by atoms with E-state index in [1.807, 2.05) is 26.0 Å². The van der Waals surface area contributed by atoms with Gasteiger partial charge in [-0.15, -0.1) is 0 Å². The van der Waals surface area contributed by atoms with Crippen LogP contribution < -0.4 is 15.5 Å². The quantitative estimate of drug-likeness (QED) is 0.577. The molecule has 4 rings (SSSR count). The van der Waals surface area contributed by atoms with Crippen molar-refractivity contribution in [2.45, 2.75) is 20.3 Å².